The summed E-state index contributed by atoms with van der Waals surface area (Å²) in [6.45, 7) is 7.97. The summed E-state index contributed by atoms with van der Waals surface area (Å²) in [5.74, 6) is -2.28. The molecule has 3 aliphatic heterocycles. The van der Waals surface area contributed by atoms with Gasteiger partial charge in [-0.3, -0.25) is 14.4 Å². The molecule has 3 unspecified atom stereocenters. The zero-order valence-electron chi connectivity index (χ0n) is 26.8. The number of carbonyl (C=O) groups is 3. The Morgan fingerprint density at radius 1 is 1.00 bits per heavy atom. The molecule has 4 aromatic rings. The third-order valence-corrected chi connectivity index (χ3v) is 13.2. The van der Waals surface area contributed by atoms with Gasteiger partial charge in [0, 0.05) is 28.9 Å². The number of rotatable bonds is 12. The molecule has 10 nitrogen and oxygen atoms in total. The predicted molar refractivity (Wildman–Crippen MR) is 194 cm³/mol. The minimum atomic E-state index is -0.977. The van der Waals surface area contributed by atoms with Gasteiger partial charge in [0.1, 0.15) is 18.2 Å². The molecule has 3 amide bonds. The lowest BCUT2D eigenvalue weighted by Crippen LogP contribution is -2.56. The highest BCUT2D eigenvalue weighted by Crippen LogP contribution is 2.69. The first-order chi connectivity index (χ1) is 23.8. The molecule has 1 aromatic heterocycles. The Kier molecular flexibility index (Phi) is 9.21. The number of alkyl halides is 1. The number of hydrogen-bond donors (Lipinski definition) is 1. The summed E-state index contributed by atoms with van der Waals surface area (Å²) in [7, 11) is 0. The lowest BCUT2D eigenvalue weighted by Gasteiger charge is -2.40. The second-order valence-corrected chi connectivity index (χ2v) is 15.4. The van der Waals surface area contributed by atoms with Gasteiger partial charge in [-0.25, -0.2) is 4.68 Å². The molecule has 1 spiro atoms. The van der Waals surface area contributed by atoms with Crippen molar-refractivity contribution in [2.75, 3.05) is 24.6 Å². The van der Waals surface area contributed by atoms with Crippen LogP contribution in [-0.2, 0) is 21.1 Å². The van der Waals surface area contributed by atoms with Crippen LogP contribution in [0.1, 0.15) is 18.0 Å². The van der Waals surface area contributed by atoms with Crippen molar-refractivity contribution in [3.8, 4) is 0 Å². The highest BCUT2D eigenvalue weighted by Gasteiger charge is 2.76. The van der Waals surface area contributed by atoms with Crippen LogP contribution in [0.25, 0.3) is 11.0 Å². The van der Waals surface area contributed by atoms with Gasteiger partial charge in [0.25, 0.3) is 0 Å². The van der Waals surface area contributed by atoms with Crippen molar-refractivity contribution in [3.63, 3.8) is 0 Å². The predicted octanol–water partition coefficient (Wildman–Crippen LogP) is 4.82. The molecule has 2 bridgehead atoms. The van der Waals surface area contributed by atoms with Gasteiger partial charge in [-0.05, 0) is 36.2 Å². The Morgan fingerprint density at radius 2 is 1.67 bits per heavy atom. The molecule has 7 atom stereocenters. The number of aliphatic hydroxyl groups is 1. The number of amides is 3. The quantitative estimate of drug-likeness (QED) is 0.164. The van der Waals surface area contributed by atoms with Crippen molar-refractivity contribution in [1.29, 1.82) is 0 Å². The zero-order chi connectivity index (χ0) is 34.3. The summed E-state index contributed by atoms with van der Waals surface area (Å²) < 4.78 is 0.732. The van der Waals surface area contributed by atoms with Crippen LogP contribution in [0.5, 0.6) is 0 Å². The van der Waals surface area contributed by atoms with Crippen molar-refractivity contribution in [3.05, 3.63) is 116 Å². The minimum absolute atomic E-state index is 0.0785. The van der Waals surface area contributed by atoms with E-state index < -0.39 is 35.3 Å². The number of aromatic nitrogens is 3. The smallest absolute Gasteiger partial charge is 0.248 e. The molecular formula is C37H37BrN6O4S. The third kappa shape index (κ3) is 5.50. The number of benzene rings is 3. The second-order valence-electron chi connectivity index (χ2n) is 12.7. The molecule has 252 valence electrons. The van der Waals surface area contributed by atoms with Gasteiger partial charge in [0.05, 0.1) is 34.7 Å². The molecule has 12 heteroatoms. The number of thioether (sulfide) groups is 1. The van der Waals surface area contributed by atoms with Gasteiger partial charge in [-0.2, -0.15) is 0 Å². The summed E-state index contributed by atoms with van der Waals surface area (Å²) in [6, 6.07) is 24.4. The maximum absolute atomic E-state index is 15.2. The van der Waals surface area contributed by atoms with Crippen LogP contribution in [-0.4, -0.2) is 88.2 Å². The molecule has 7 rings (SSSR count). The average Bonchev–Trinajstić information content (AvgIpc) is 3.85. The van der Waals surface area contributed by atoms with Gasteiger partial charge in [-0.15, -0.1) is 30.0 Å². The van der Waals surface area contributed by atoms with E-state index >= 15 is 9.59 Å². The van der Waals surface area contributed by atoms with Crippen LogP contribution < -0.4 is 4.90 Å². The highest BCUT2D eigenvalue weighted by molar-refractivity contribution is 9.09. The summed E-state index contributed by atoms with van der Waals surface area (Å²) >= 11 is 5.45. The first-order valence-corrected chi connectivity index (χ1v) is 18.1. The summed E-state index contributed by atoms with van der Waals surface area (Å²) in [4.78, 5) is 49.7. The van der Waals surface area contributed by atoms with Crippen LogP contribution in [0.2, 0.25) is 0 Å². The van der Waals surface area contributed by atoms with Gasteiger partial charge in [-0.1, -0.05) is 94.0 Å². The van der Waals surface area contributed by atoms with E-state index in [0.29, 0.717) is 23.2 Å². The van der Waals surface area contributed by atoms with Crippen LogP contribution in [0.4, 0.5) is 5.69 Å². The Bertz CT molecular complexity index is 1890. The average molecular weight is 742 g/mol. The molecule has 4 heterocycles. The SMILES string of the molecule is C=CCN(Cn1nnc2ccccc21)C(=O)C1N([C@H](CO)c2ccccc2)C(=O)[C@@H]2[C@@H](C(=O)N(CC=C)c3ccccc3)[C@@H]3SC12CC3Br. The van der Waals surface area contributed by atoms with Gasteiger partial charge in [0.15, 0.2) is 0 Å². The van der Waals surface area contributed by atoms with Crippen LogP contribution in [0.15, 0.2) is 110 Å². The third-order valence-electron chi connectivity index (χ3n) is 9.97. The summed E-state index contributed by atoms with van der Waals surface area (Å²) in [5.41, 5.74) is 2.89. The van der Waals surface area contributed by atoms with E-state index in [2.05, 4.69) is 39.4 Å². The number of carbonyl (C=O) groups excluding carboxylic acids is 3. The summed E-state index contributed by atoms with van der Waals surface area (Å²) in [6.07, 6.45) is 3.84. The van der Waals surface area contributed by atoms with E-state index in [1.165, 1.54) is 0 Å². The van der Waals surface area contributed by atoms with E-state index in [-0.39, 0.29) is 47.6 Å². The van der Waals surface area contributed by atoms with Gasteiger partial charge in [0.2, 0.25) is 17.7 Å². The van der Waals surface area contributed by atoms with Crippen molar-refractivity contribution >= 4 is 62.1 Å². The molecule has 3 fully saturated rings. The minimum Gasteiger partial charge on any atom is -0.394 e. The van der Waals surface area contributed by atoms with E-state index in [0.717, 1.165) is 5.52 Å². The van der Waals surface area contributed by atoms with Crippen molar-refractivity contribution in [2.24, 2.45) is 11.8 Å². The lowest BCUT2D eigenvalue weighted by atomic mass is 9.70. The number of hydrogen-bond acceptors (Lipinski definition) is 7. The highest BCUT2D eigenvalue weighted by atomic mass is 79.9. The first kappa shape index (κ1) is 33.2. The maximum Gasteiger partial charge on any atom is 0.248 e. The first-order valence-electron chi connectivity index (χ1n) is 16.3. The Morgan fingerprint density at radius 3 is 2.37 bits per heavy atom. The fraction of sp³-hybridized carbons (Fsp3) is 0.324. The van der Waals surface area contributed by atoms with Crippen LogP contribution in [0, 0.1) is 11.8 Å². The number of halogens is 1. The van der Waals surface area contributed by atoms with E-state index in [1.54, 1.807) is 43.3 Å². The molecule has 49 heavy (non-hydrogen) atoms. The molecule has 3 saturated heterocycles. The Labute approximate surface area is 297 Å². The normalized spacial score (nSPS) is 26.0. The molecule has 1 N–H and O–H groups in total. The summed E-state index contributed by atoms with van der Waals surface area (Å²) in [5, 5.41) is 19.3. The van der Waals surface area contributed by atoms with Crippen molar-refractivity contribution in [1.82, 2.24) is 24.8 Å². The molecule has 3 aromatic carbocycles. The maximum atomic E-state index is 15.2. The topological polar surface area (TPSA) is 112 Å². The van der Waals surface area contributed by atoms with Crippen molar-refractivity contribution < 1.29 is 19.5 Å². The number of aliphatic hydroxyl groups excluding tert-OH is 1. The van der Waals surface area contributed by atoms with Crippen LogP contribution >= 0.6 is 27.7 Å². The lowest BCUT2D eigenvalue weighted by molar-refractivity contribution is -0.146. The largest absolute Gasteiger partial charge is 0.394 e. The standard InChI is InChI=1S/C37H37BrN6O4S/c1-3-19-41(23-43-28-18-12-11-17-27(28)39-40-43)36(48)33-37-21-26(38)32(49-37)30(34(46)42(20-4-2)25-15-9-6-10-16-25)31(37)35(47)44(33)29(22-45)24-13-7-5-8-14-24/h3-18,26,29-33,45H,1-2,19-23H2/t26?,29-,30-,31+,32-,33?,37?/m1/s1. The number of fused-ring (bicyclic) bond motifs is 2. The van der Waals surface area contributed by atoms with Gasteiger partial charge < -0.3 is 19.8 Å². The van der Waals surface area contributed by atoms with Crippen LogP contribution in [0.3, 0.4) is 0 Å². The fourth-order valence-electron chi connectivity index (χ4n) is 7.96. The molecule has 0 saturated carbocycles. The van der Waals surface area contributed by atoms with Gasteiger partial charge >= 0.3 is 0 Å². The second kappa shape index (κ2) is 13.6. The molecule has 3 aliphatic rings. The van der Waals surface area contributed by atoms with Crippen molar-refractivity contribution in [2.45, 2.75) is 40.0 Å². The van der Waals surface area contributed by atoms with E-state index in [1.807, 2.05) is 84.9 Å². The van der Waals surface area contributed by atoms with E-state index in [4.69, 9.17) is 0 Å². The number of anilines is 1. The molecule has 0 aliphatic carbocycles. The number of para-hydroxylation sites is 2. The number of likely N-dealkylation sites (tertiary alicyclic amines) is 1. The Balaban J connectivity index is 1.34. The zero-order valence-corrected chi connectivity index (χ0v) is 29.2. The Hall–Kier alpha value is -4.26. The monoisotopic (exact) mass is 740 g/mol. The molecular weight excluding hydrogens is 704 g/mol. The van der Waals surface area contributed by atoms with E-state index in [9.17, 15) is 9.90 Å². The fourth-order valence-corrected chi connectivity index (χ4v) is 11.5. The molecule has 0 radical (unpaired) electrons. The number of nitrogens with zero attached hydrogens (tertiary/aromatic N) is 6.